The van der Waals surface area contributed by atoms with Crippen molar-refractivity contribution in [2.24, 2.45) is 0 Å². The predicted molar refractivity (Wildman–Crippen MR) is 88.9 cm³/mol. The molecule has 0 aliphatic rings. The van der Waals surface area contributed by atoms with Crippen LogP contribution in [-0.4, -0.2) is 36.5 Å². The van der Waals surface area contributed by atoms with Crippen LogP contribution in [-0.2, 0) is 21.9 Å². The van der Waals surface area contributed by atoms with Crippen LogP contribution in [0.25, 0.3) is 11.0 Å². The molecule has 21 heavy (non-hydrogen) atoms. The molecule has 0 aliphatic carbocycles. The summed E-state index contributed by atoms with van der Waals surface area (Å²) >= 11 is 9.48. The van der Waals surface area contributed by atoms with Crippen LogP contribution in [0.2, 0.25) is 0 Å². The van der Waals surface area contributed by atoms with E-state index in [1.165, 1.54) is 0 Å². The van der Waals surface area contributed by atoms with Crippen LogP contribution >= 0.6 is 27.5 Å². The Morgan fingerprint density at radius 2 is 2.10 bits per heavy atom. The van der Waals surface area contributed by atoms with Crippen LogP contribution in [0.5, 0.6) is 0 Å². The number of ether oxygens (including phenoxy) is 2. The summed E-state index contributed by atoms with van der Waals surface area (Å²) in [5.41, 5.74) is 2.12. The molecule has 4 nitrogen and oxygen atoms in total. The summed E-state index contributed by atoms with van der Waals surface area (Å²) in [5.74, 6) is 1.35. The van der Waals surface area contributed by atoms with Crippen molar-refractivity contribution in [3.8, 4) is 0 Å². The molecule has 116 valence electrons. The van der Waals surface area contributed by atoms with Crippen molar-refractivity contribution in [3.63, 3.8) is 0 Å². The van der Waals surface area contributed by atoms with Crippen molar-refractivity contribution in [1.82, 2.24) is 9.55 Å². The lowest BCUT2D eigenvalue weighted by molar-refractivity contribution is 0.0684. The second-order valence-corrected chi connectivity index (χ2v) is 5.94. The van der Waals surface area contributed by atoms with Crippen LogP contribution in [0.4, 0.5) is 0 Å². The SMILES string of the molecule is COCCOCCCCn1c(CCl)nc2cc(Br)ccc21. The number of nitrogens with zero attached hydrogens (tertiary/aromatic N) is 2. The summed E-state index contributed by atoms with van der Waals surface area (Å²) in [4.78, 5) is 4.58. The molecule has 2 aromatic rings. The molecule has 0 amide bonds. The Morgan fingerprint density at radius 1 is 1.24 bits per heavy atom. The van der Waals surface area contributed by atoms with Crippen molar-refractivity contribution in [3.05, 3.63) is 28.5 Å². The number of hydrogen-bond acceptors (Lipinski definition) is 3. The highest BCUT2D eigenvalue weighted by atomic mass is 79.9. The summed E-state index contributed by atoms with van der Waals surface area (Å²) in [5, 5.41) is 0. The first-order valence-electron chi connectivity index (χ1n) is 7.03. The van der Waals surface area contributed by atoms with Gasteiger partial charge in [0, 0.05) is 24.7 Å². The molecule has 0 fully saturated rings. The molecule has 0 N–H and O–H groups in total. The topological polar surface area (TPSA) is 36.3 Å². The predicted octanol–water partition coefficient (Wildman–Crippen LogP) is 3.98. The number of methoxy groups -OCH3 is 1. The van der Waals surface area contributed by atoms with Gasteiger partial charge in [0.15, 0.2) is 0 Å². The molecule has 0 bridgehead atoms. The highest BCUT2D eigenvalue weighted by Gasteiger charge is 2.09. The molecule has 1 aromatic heterocycles. The minimum Gasteiger partial charge on any atom is -0.382 e. The number of imidazole rings is 1. The van der Waals surface area contributed by atoms with Crippen LogP contribution in [0, 0.1) is 0 Å². The fraction of sp³-hybridized carbons (Fsp3) is 0.533. The molecule has 0 aliphatic heterocycles. The molecular weight excluding hydrogens is 356 g/mol. The third-order valence-electron chi connectivity index (χ3n) is 3.26. The monoisotopic (exact) mass is 374 g/mol. The Labute approximate surface area is 138 Å². The first-order chi connectivity index (χ1) is 10.3. The number of unbranched alkanes of at least 4 members (excludes halogenated alkanes) is 1. The van der Waals surface area contributed by atoms with E-state index < -0.39 is 0 Å². The maximum atomic E-state index is 6.01. The standard InChI is InChI=1S/C15H20BrClN2O2/c1-20-8-9-21-7-3-2-6-19-14-5-4-12(16)10-13(14)18-15(19)11-17/h4-5,10H,2-3,6-9,11H2,1H3. The Hall–Kier alpha value is -0.620. The number of halogens is 2. The van der Waals surface area contributed by atoms with Gasteiger partial charge in [0.2, 0.25) is 0 Å². The van der Waals surface area contributed by atoms with Crippen LogP contribution in [0.15, 0.2) is 22.7 Å². The van der Waals surface area contributed by atoms with Gasteiger partial charge in [-0.05, 0) is 31.0 Å². The van der Waals surface area contributed by atoms with E-state index in [9.17, 15) is 0 Å². The molecule has 0 saturated heterocycles. The Balaban J connectivity index is 1.91. The molecule has 0 radical (unpaired) electrons. The number of fused-ring (bicyclic) bond motifs is 1. The van der Waals surface area contributed by atoms with Gasteiger partial charge in [-0.15, -0.1) is 11.6 Å². The van der Waals surface area contributed by atoms with E-state index in [0.717, 1.165) is 47.3 Å². The fourth-order valence-electron chi connectivity index (χ4n) is 2.22. The van der Waals surface area contributed by atoms with E-state index in [2.05, 4.69) is 31.5 Å². The van der Waals surface area contributed by atoms with Gasteiger partial charge in [-0.3, -0.25) is 0 Å². The third-order valence-corrected chi connectivity index (χ3v) is 3.99. The number of alkyl halides is 1. The Morgan fingerprint density at radius 3 is 2.86 bits per heavy atom. The van der Waals surface area contributed by atoms with Gasteiger partial charge in [0.25, 0.3) is 0 Å². The van der Waals surface area contributed by atoms with Crippen molar-refractivity contribution in [2.75, 3.05) is 26.9 Å². The minimum absolute atomic E-state index is 0.427. The summed E-state index contributed by atoms with van der Waals surface area (Å²) in [6.45, 7) is 2.98. The van der Waals surface area contributed by atoms with Crippen molar-refractivity contribution in [1.29, 1.82) is 0 Å². The van der Waals surface area contributed by atoms with Crippen molar-refractivity contribution in [2.45, 2.75) is 25.3 Å². The second kappa shape index (κ2) is 8.73. The minimum atomic E-state index is 0.427. The zero-order valence-electron chi connectivity index (χ0n) is 12.1. The van der Waals surface area contributed by atoms with Gasteiger partial charge in [-0.1, -0.05) is 15.9 Å². The van der Waals surface area contributed by atoms with Crippen LogP contribution in [0.1, 0.15) is 18.7 Å². The normalized spacial score (nSPS) is 11.4. The Bertz CT molecular complexity index is 574. The molecular formula is C15H20BrClN2O2. The molecule has 1 aromatic carbocycles. The van der Waals surface area contributed by atoms with Gasteiger partial charge in [0.05, 0.1) is 30.1 Å². The first kappa shape index (κ1) is 16.7. The van der Waals surface area contributed by atoms with E-state index in [-0.39, 0.29) is 0 Å². The van der Waals surface area contributed by atoms with Gasteiger partial charge in [-0.25, -0.2) is 4.98 Å². The fourth-order valence-corrected chi connectivity index (χ4v) is 2.78. The number of aryl methyl sites for hydroxylation is 1. The van der Waals surface area contributed by atoms with E-state index in [4.69, 9.17) is 21.1 Å². The van der Waals surface area contributed by atoms with Crippen molar-refractivity contribution < 1.29 is 9.47 Å². The van der Waals surface area contributed by atoms with Gasteiger partial charge < -0.3 is 14.0 Å². The molecule has 0 spiro atoms. The first-order valence-corrected chi connectivity index (χ1v) is 8.36. The van der Waals surface area contributed by atoms with Crippen LogP contribution in [0.3, 0.4) is 0 Å². The summed E-state index contributed by atoms with van der Waals surface area (Å²) in [6.07, 6.45) is 2.06. The summed E-state index contributed by atoms with van der Waals surface area (Å²) in [7, 11) is 1.68. The third kappa shape index (κ3) is 4.68. The lowest BCUT2D eigenvalue weighted by atomic mass is 10.3. The van der Waals surface area contributed by atoms with E-state index in [1.807, 2.05) is 12.1 Å². The van der Waals surface area contributed by atoms with Crippen molar-refractivity contribution >= 4 is 38.6 Å². The number of benzene rings is 1. The maximum absolute atomic E-state index is 6.01. The highest BCUT2D eigenvalue weighted by molar-refractivity contribution is 9.10. The van der Waals surface area contributed by atoms with E-state index >= 15 is 0 Å². The highest BCUT2D eigenvalue weighted by Crippen LogP contribution is 2.22. The quantitative estimate of drug-likeness (QED) is 0.491. The number of hydrogen-bond donors (Lipinski definition) is 0. The zero-order valence-corrected chi connectivity index (χ0v) is 14.5. The van der Waals surface area contributed by atoms with Gasteiger partial charge >= 0.3 is 0 Å². The lowest BCUT2D eigenvalue weighted by Crippen LogP contribution is -2.06. The molecule has 0 atom stereocenters. The maximum Gasteiger partial charge on any atom is 0.124 e. The zero-order chi connectivity index (χ0) is 15.1. The largest absolute Gasteiger partial charge is 0.382 e. The number of rotatable bonds is 9. The summed E-state index contributed by atoms with van der Waals surface area (Å²) in [6, 6.07) is 6.14. The van der Waals surface area contributed by atoms with E-state index in [0.29, 0.717) is 19.1 Å². The van der Waals surface area contributed by atoms with Gasteiger partial charge in [0.1, 0.15) is 5.82 Å². The second-order valence-electron chi connectivity index (χ2n) is 4.76. The smallest absolute Gasteiger partial charge is 0.124 e. The molecule has 6 heteroatoms. The average molecular weight is 376 g/mol. The van der Waals surface area contributed by atoms with E-state index in [1.54, 1.807) is 7.11 Å². The lowest BCUT2D eigenvalue weighted by Gasteiger charge is -2.08. The summed E-state index contributed by atoms with van der Waals surface area (Å²) < 4.78 is 13.6. The molecule has 0 saturated carbocycles. The molecule has 0 unspecified atom stereocenters. The van der Waals surface area contributed by atoms with Crippen LogP contribution < -0.4 is 0 Å². The molecule has 2 rings (SSSR count). The van der Waals surface area contributed by atoms with Gasteiger partial charge in [-0.2, -0.15) is 0 Å². The Kier molecular flexibility index (Phi) is 6.96. The average Bonchev–Trinajstić information content (AvgIpc) is 2.83. The number of aromatic nitrogens is 2. The molecule has 1 heterocycles.